The number of nitrogens with one attached hydrogen (secondary N) is 1. The average Bonchev–Trinajstić information content (AvgIpc) is 2.50. The normalized spacial score (nSPS) is 34.1. The fourth-order valence-corrected chi connectivity index (χ4v) is 3.79. The summed E-state index contributed by atoms with van der Waals surface area (Å²) in [6.07, 6.45) is 2.35. The fraction of sp³-hybridized carbons (Fsp3) is 0.889. The van der Waals surface area contributed by atoms with Gasteiger partial charge in [-0.25, -0.2) is 0 Å². The third-order valence-corrected chi connectivity index (χ3v) is 4.37. The van der Waals surface area contributed by atoms with Gasteiger partial charge in [0.1, 0.15) is 4.87 Å². The molecule has 74 valence electrons. The Morgan fingerprint density at radius 3 is 3.08 bits per heavy atom. The van der Waals surface area contributed by atoms with Gasteiger partial charge in [-0.2, -0.15) is 0 Å². The molecule has 1 unspecified atom stereocenters. The number of carbonyl (C=O) groups excluding carboxylic acids is 1. The molecular weight excluding hydrogens is 184 g/mol. The van der Waals surface area contributed by atoms with Crippen LogP contribution in [-0.4, -0.2) is 41.1 Å². The number of rotatable bonds is 0. The molecule has 2 heterocycles. The van der Waals surface area contributed by atoms with Crippen LogP contribution in [0.25, 0.3) is 0 Å². The number of thioether (sulfide) groups is 1. The minimum atomic E-state index is 0.101. The molecule has 0 aromatic heterocycles. The average molecular weight is 200 g/mol. The highest BCUT2D eigenvalue weighted by Crippen LogP contribution is 2.40. The van der Waals surface area contributed by atoms with Crippen LogP contribution in [-0.2, 0) is 4.79 Å². The second-order valence-electron chi connectivity index (χ2n) is 3.75. The summed E-state index contributed by atoms with van der Waals surface area (Å²) in [4.78, 5) is 13.6. The van der Waals surface area contributed by atoms with E-state index in [4.69, 9.17) is 0 Å². The van der Waals surface area contributed by atoms with Crippen molar-refractivity contribution in [2.75, 3.05) is 25.4 Å². The zero-order valence-electron chi connectivity index (χ0n) is 8.01. The summed E-state index contributed by atoms with van der Waals surface area (Å²) in [6.45, 7) is 4.69. The van der Waals surface area contributed by atoms with Crippen LogP contribution in [0, 0.1) is 0 Å². The Hall–Kier alpha value is -0.220. The second kappa shape index (κ2) is 3.50. The lowest BCUT2D eigenvalue weighted by molar-refractivity contribution is -0.131. The standard InChI is InChI=1S/C9H16N2OS/c1-8(12)11-5-6-13-9(11)3-2-4-10-7-9/h10H,2-7H2,1H3. The molecule has 2 aliphatic heterocycles. The Balaban J connectivity index is 2.13. The van der Waals surface area contributed by atoms with Gasteiger partial charge in [0.05, 0.1) is 0 Å². The van der Waals surface area contributed by atoms with Crippen LogP contribution in [0.3, 0.4) is 0 Å². The van der Waals surface area contributed by atoms with Gasteiger partial charge in [-0.3, -0.25) is 4.79 Å². The van der Waals surface area contributed by atoms with Crippen molar-refractivity contribution in [3.63, 3.8) is 0 Å². The summed E-state index contributed by atoms with van der Waals surface area (Å²) in [5, 5.41) is 3.39. The van der Waals surface area contributed by atoms with Crippen LogP contribution in [0.1, 0.15) is 19.8 Å². The molecule has 1 spiro atoms. The first kappa shape index (κ1) is 9.34. The molecule has 0 aromatic carbocycles. The summed E-state index contributed by atoms with van der Waals surface area (Å²) in [5.41, 5.74) is 0. The molecule has 0 aliphatic carbocycles. The van der Waals surface area contributed by atoms with Crippen molar-refractivity contribution in [1.82, 2.24) is 10.2 Å². The smallest absolute Gasteiger partial charge is 0.220 e. The van der Waals surface area contributed by atoms with Gasteiger partial charge in [0, 0.05) is 25.8 Å². The van der Waals surface area contributed by atoms with E-state index in [1.165, 1.54) is 6.42 Å². The molecule has 1 N–H and O–H groups in total. The molecule has 4 heteroatoms. The Labute approximate surface area is 83.2 Å². The predicted octanol–water partition coefficient (Wildman–Crippen LogP) is 0.661. The lowest BCUT2D eigenvalue weighted by Crippen LogP contribution is -2.54. The van der Waals surface area contributed by atoms with E-state index < -0.39 is 0 Å². The minimum absolute atomic E-state index is 0.101. The Morgan fingerprint density at radius 2 is 2.46 bits per heavy atom. The quantitative estimate of drug-likeness (QED) is 0.623. The van der Waals surface area contributed by atoms with Crippen molar-refractivity contribution < 1.29 is 4.79 Å². The van der Waals surface area contributed by atoms with Gasteiger partial charge in [0.2, 0.25) is 5.91 Å². The van der Waals surface area contributed by atoms with Crippen LogP contribution in [0.5, 0.6) is 0 Å². The van der Waals surface area contributed by atoms with Crippen molar-refractivity contribution in [2.45, 2.75) is 24.6 Å². The number of hydrogen-bond donors (Lipinski definition) is 1. The van der Waals surface area contributed by atoms with Gasteiger partial charge < -0.3 is 10.2 Å². The number of piperidine rings is 1. The monoisotopic (exact) mass is 200 g/mol. The third kappa shape index (κ3) is 1.57. The van der Waals surface area contributed by atoms with Gasteiger partial charge >= 0.3 is 0 Å². The molecule has 1 atom stereocenters. The largest absolute Gasteiger partial charge is 0.326 e. The van der Waals surface area contributed by atoms with E-state index in [2.05, 4.69) is 5.32 Å². The highest BCUT2D eigenvalue weighted by Gasteiger charge is 2.43. The number of carbonyl (C=O) groups is 1. The lowest BCUT2D eigenvalue weighted by Gasteiger charge is -2.40. The van der Waals surface area contributed by atoms with E-state index in [-0.39, 0.29) is 10.8 Å². The zero-order chi connectivity index (χ0) is 9.31. The van der Waals surface area contributed by atoms with Crippen molar-refractivity contribution >= 4 is 17.7 Å². The highest BCUT2D eigenvalue weighted by atomic mass is 32.2. The summed E-state index contributed by atoms with van der Waals surface area (Å²) >= 11 is 1.94. The number of hydrogen-bond acceptors (Lipinski definition) is 3. The summed E-state index contributed by atoms with van der Waals surface area (Å²) < 4.78 is 0. The van der Waals surface area contributed by atoms with Crippen LogP contribution < -0.4 is 5.32 Å². The molecule has 2 fully saturated rings. The Morgan fingerprint density at radius 1 is 1.62 bits per heavy atom. The van der Waals surface area contributed by atoms with E-state index in [0.29, 0.717) is 0 Å². The van der Waals surface area contributed by atoms with E-state index in [1.807, 2.05) is 16.7 Å². The summed E-state index contributed by atoms with van der Waals surface area (Å²) in [6, 6.07) is 0. The lowest BCUT2D eigenvalue weighted by atomic mass is 10.1. The Bertz CT molecular complexity index is 214. The molecule has 2 aliphatic rings. The van der Waals surface area contributed by atoms with E-state index in [9.17, 15) is 4.79 Å². The van der Waals surface area contributed by atoms with Crippen LogP contribution >= 0.6 is 11.8 Å². The molecule has 2 saturated heterocycles. The van der Waals surface area contributed by atoms with E-state index >= 15 is 0 Å². The van der Waals surface area contributed by atoms with Crippen LogP contribution in [0.15, 0.2) is 0 Å². The minimum Gasteiger partial charge on any atom is -0.326 e. The highest BCUT2D eigenvalue weighted by molar-refractivity contribution is 8.00. The molecule has 0 radical (unpaired) electrons. The van der Waals surface area contributed by atoms with Crippen molar-refractivity contribution in [3.8, 4) is 0 Å². The maximum Gasteiger partial charge on any atom is 0.220 e. The molecule has 0 saturated carbocycles. The molecule has 0 aromatic rings. The molecule has 1 amide bonds. The maximum atomic E-state index is 11.4. The zero-order valence-corrected chi connectivity index (χ0v) is 8.82. The third-order valence-electron chi connectivity index (χ3n) is 2.88. The van der Waals surface area contributed by atoms with Gasteiger partial charge in [0.25, 0.3) is 0 Å². The SMILES string of the molecule is CC(=O)N1CCSC12CCCNC2. The molecular formula is C9H16N2OS. The van der Waals surface area contributed by atoms with Crippen LogP contribution in [0.2, 0.25) is 0 Å². The first-order chi connectivity index (χ1) is 6.25. The summed E-state index contributed by atoms with van der Waals surface area (Å²) in [7, 11) is 0. The topological polar surface area (TPSA) is 32.3 Å². The molecule has 3 nitrogen and oxygen atoms in total. The van der Waals surface area contributed by atoms with Gasteiger partial charge in [-0.15, -0.1) is 11.8 Å². The Kier molecular flexibility index (Phi) is 2.51. The van der Waals surface area contributed by atoms with Crippen molar-refractivity contribution in [1.29, 1.82) is 0 Å². The van der Waals surface area contributed by atoms with Gasteiger partial charge in [-0.1, -0.05) is 0 Å². The number of nitrogens with zero attached hydrogens (tertiary/aromatic N) is 1. The first-order valence-corrected chi connectivity index (χ1v) is 5.86. The second-order valence-corrected chi connectivity index (χ2v) is 5.20. The number of amides is 1. The molecule has 0 bridgehead atoms. The maximum absolute atomic E-state index is 11.4. The molecule has 2 rings (SSSR count). The predicted molar refractivity (Wildman–Crippen MR) is 54.7 cm³/mol. The van der Waals surface area contributed by atoms with E-state index in [0.717, 1.165) is 31.8 Å². The van der Waals surface area contributed by atoms with Gasteiger partial charge in [-0.05, 0) is 19.4 Å². The van der Waals surface area contributed by atoms with Crippen molar-refractivity contribution in [3.05, 3.63) is 0 Å². The molecule has 13 heavy (non-hydrogen) atoms. The fourth-order valence-electron chi connectivity index (χ4n) is 2.27. The first-order valence-electron chi connectivity index (χ1n) is 4.87. The van der Waals surface area contributed by atoms with Crippen molar-refractivity contribution in [2.24, 2.45) is 0 Å². The van der Waals surface area contributed by atoms with E-state index in [1.54, 1.807) is 6.92 Å². The summed E-state index contributed by atoms with van der Waals surface area (Å²) in [5.74, 6) is 1.33. The van der Waals surface area contributed by atoms with Gasteiger partial charge in [0.15, 0.2) is 0 Å². The van der Waals surface area contributed by atoms with Crippen LogP contribution in [0.4, 0.5) is 0 Å².